The molecule has 0 saturated heterocycles. The Bertz CT molecular complexity index is 624. The quantitative estimate of drug-likeness (QED) is 0.813. The third-order valence-electron chi connectivity index (χ3n) is 2.16. The first-order chi connectivity index (χ1) is 8.24. The first-order valence-corrected chi connectivity index (χ1v) is 5.26. The topological polar surface area (TPSA) is 76.5 Å². The number of hydrogen-bond donors (Lipinski definition) is 0. The van der Waals surface area contributed by atoms with E-state index < -0.39 is 5.69 Å². The number of nitriles is 1. The van der Waals surface area contributed by atoms with Gasteiger partial charge in [-0.25, -0.2) is 4.79 Å². The molecule has 0 unspecified atom stereocenters. The summed E-state index contributed by atoms with van der Waals surface area (Å²) >= 11 is 5.96. The molecule has 1 aromatic carbocycles. The van der Waals surface area contributed by atoms with Crippen molar-refractivity contribution in [3.05, 3.63) is 39.8 Å². The zero-order valence-electron chi connectivity index (χ0n) is 8.75. The van der Waals surface area contributed by atoms with Gasteiger partial charge in [-0.1, -0.05) is 23.7 Å². The van der Waals surface area contributed by atoms with E-state index in [1.807, 2.05) is 6.07 Å². The Labute approximate surface area is 102 Å². The molecule has 0 amide bonds. The number of para-hydroxylation sites is 1. The average molecular weight is 250 g/mol. The minimum Gasteiger partial charge on any atom is -0.244 e. The van der Waals surface area contributed by atoms with E-state index in [4.69, 9.17) is 16.9 Å². The van der Waals surface area contributed by atoms with Crippen LogP contribution in [0, 0.1) is 11.3 Å². The molecule has 0 radical (unpaired) electrons. The van der Waals surface area contributed by atoms with E-state index in [1.165, 1.54) is 0 Å². The Morgan fingerprint density at radius 2 is 2.12 bits per heavy atom. The SMILES string of the molecule is N#CCCn1nnn(-c2ccccc2Cl)c1=O. The van der Waals surface area contributed by atoms with Gasteiger partial charge in [0.15, 0.2) is 0 Å². The van der Waals surface area contributed by atoms with Gasteiger partial charge >= 0.3 is 5.69 Å². The summed E-state index contributed by atoms with van der Waals surface area (Å²) in [5.41, 5.74) is 0.0655. The Morgan fingerprint density at radius 3 is 2.82 bits per heavy atom. The van der Waals surface area contributed by atoms with Crippen molar-refractivity contribution in [1.82, 2.24) is 19.8 Å². The normalized spacial score (nSPS) is 10.1. The molecule has 6 nitrogen and oxygen atoms in total. The fourth-order valence-electron chi connectivity index (χ4n) is 1.35. The Balaban J connectivity index is 2.42. The highest BCUT2D eigenvalue weighted by Crippen LogP contribution is 2.16. The average Bonchev–Trinajstić information content (AvgIpc) is 2.69. The van der Waals surface area contributed by atoms with Crippen molar-refractivity contribution < 1.29 is 0 Å². The molecule has 0 atom stereocenters. The smallest absolute Gasteiger partial charge is 0.244 e. The van der Waals surface area contributed by atoms with E-state index in [1.54, 1.807) is 24.3 Å². The predicted molar refractivity (Wildman–Crippen MR) is 60.9 cm³/mol. The van der Waals surface area contributed by atoms with Gasteiger partial charge in [-0.05, 0) is 22.6 Å². The van der Waals surface area contributed by atoms with Crippen molar-refractivity contribution in [2.75, 3.05) is 0 Å². The number of hydrogen-bond acceptors (Lipinski definition) is 4. The third-order valence-corrected chi connectivity index (χ3v) is 2.48. The molecule has 0 fully saturated rings. The van der Waals surface area contributed by atoms with Crippen molar-refractivity contribution >= 4 is 11.6 Å². The highest BCUT2D eigenvalue weighted by Gasteiger charge is 2.10. The van der Waals surface area contributed by atoms with Crippen LogP contribution in [0.25, 0.3) is 5.69 Å². The lowest BCUT2D eigenvalue weighted by atomic mass is 10.3. The van der Waals surface area contributed by atoms with Crippen LogP contribution in [-0.2, 0) is 6.54 Å². The molecule has 1 aromatic heterocycles. The number of aromatic nitrogens is 4. The van der Waals surface area contributed by atoms with Crippen LogP contribution in [0.3, 0.4) is 0 Å². The summed E-state index contributed by atoms with van der Waals surface area (Å²) in [7, 11) is 0. The minimum atomic E-state index is -0.409. The van der Waals surface area contributed by atoms with E-state index in [-0.39, 0.29) is 13.0 Å². The van der Waals surface area contributed by atoms with Crippen molar-refractivity contribution in [3.8, 4) is 11.8 Å². The summed E-state index contributed by atoms with van der Waals surface area (Å²) < 4.78 is 2.24. The Hall–Kier alpha value is -2.13. The molecular formula is C10H8ClN5O. The molecule has 0 saturated carbocycles. The van der Waals surface area contributed by atoms with Crippen LogP contribution in [0.1, 0.15) is 6.42 Å². The summed E-state index contributed by atoms with van der Waals surface area (Å²) in [6, 6.07) is 8.79. The molecule has 2 aromatic rings. The zero-order valence-corrected chi connectivity index (χ0v) is 9.50. The fourth-order valence-corrected chi connectivity index (χ4v) is 1.56. The second kappa shape index (κ2) is 4.80. The molecule has 0 aliphatic carbocycles. The van der Waals surface area contributed by atoms with E-state index in [2.05, 4.69) is 10.4 Å². The predicted octanol–water partition coefficient (Wildman–Crippen LogP) is 0.996. The van der Waals surface area contributed by atoms with E-state index in [0.29, 0.717) is 10.7 Å². The van der Waals surface area contributed by atoms with E-state index in [9.17, 15) is 4.79 Å². The molecule has 0 spiro atoms. The van der Waals surface area contributed by atoms with Crippen molar-refractivity contribution in [3.63, 3.8) is 0 Å². The van der Waals surface area contributed by atoms with Gasteiger partial charge in [0.1, 0.15) is 0 Å². The van der Waals surface area contributed by atoms with Gasteiger partial charge in [0.25, 0.3) is 0 Å². The number of tetrazole rings is 1. The Kier molecular flexibility index (Phi) is 3.21. The molecule has 2 rings (SSSR count). The maximum atomic E-state index is 11.9. The zero-order chi connectivity index (χ0) is 12.3. The molecule has 17 heavy (non-hydrogen) atoms. The van der Waals surface area contributed by atoms with Crippen molar-refractivity contribution in [2.45, 2.75) is 13.0 Å². The van der Waals surface area contributed by atoms with Gasteiger partial charge in [0.05, 0.1) is 29.7 Å². The minimum absolute atomic E-state index is 0.209. The summed E-state index contributed by atoms with van der Waals surface area (Å²) in [6.45, 7) is 0.222. The van der Waals surface area contributed by atoms with Crippen LogP contribution in [0.4, 0.5) is 0 Å². The second-order valence-electron chi connectivity index (χ2n) is 3.26. The van der Waals surface area contributed by atoms with Crippen LogP contribution < -0.4 is 5.69 Å². The van der Waals surface area contributed by atoms with Gasteiger partial charge in [0, 0.05) is 0 Å². The summed E-state index contributed by atoms with van der Waals surface area (Å²) in [6.07, 6.45) is 0.209. The third kappa shape index (κ3) is 2.19. The van der Waals surface area contributed by atoms with Crippen LogP contribution in [-0.4, -0.2) is 19.8 Å². The summed E-state index contributed by atoms with van der Waals surface area (Å²) in [4.78, 5) is 11.9. The van der Waals surface area contributed by atoms with Gasteiger partial charge in [-0.3, -0.25) is 0 Å². The van der Waals surface area contributed by atoms with Gasteiger partial charge in [-0.2, -0.15) is 14.6 Å². The van der Waals surface area contributed by atoms with Crippen LogP contribution in [0.2, 0.25) is 5.02 Å². The fraction of sp³-hybridized carbons (Fsp3) is 0.200. The van der Waals surface area contributed by atoms with Crippen LogP contribution in [0.5, 0.6) is 0 Å². The molecular weight excluding hydrogens is 242 g/mol. The molecule has 0 N–H and O–H groups in total. The lowest BCUT2D eigenvalue weighted by Gasteiger charge is -1.99. The molecule has 86 valence electrons. The monoisotopic (exact) mass is 249 g/mol. The lowest BCUT2D eigenvalue weighted by Crippen LogP contribution is -2.24. The summed E-state index contributed by atoms with van der Waals surface area (Å²) in [5.74, 6) is 0. The first-order valence-electron chi connectivity index (χ1n) is 4.88. The standard InChI is InChI=1S/C10H8ClN5O/c11-8-4-1-2-5-9(8)16-10(17)15(13-14-16)7-3-6-12/h1-2,4-5H,3,7H2. The number of rotatable bonds is 3. The van der Waals surface area contributed by atoms with E-state index in [0.717, 1.165) is 9.36 Å². The number of halogens is 1. The highest BCUT2D eigenvalue weighted by molar-refractivity contribution is 6.32. The summed E-state index contributed by atoms with van der Waals surface area (Å²) in [5, 5.41) is 16.3. The maximum absolute atomic E-state index is 11.9. The van der Waals surface area contributed by atoms with Gasteiger partial charge in [0.2, 0.25) is 0 Å². The largest absolute Gasteiger partial charge is 0.368 e. The Morgan fingerprint density at radius 1 is 1.35 bits per heavy atom. The molecule has 0 bridgehead atoms. The van der Waals surface area contributed by atoms with Gasteiger partial charge in [-0.15, -0.1) is 0 Å². The van der Waals surface area contributed by atoms with E-state index >= 15 is 0 Å². The molecule has 0 aliphatic heterocycles. The van der Waals surface area contributed by atoms with Crippen molar-refractivity contribution in [1.29, 1.82) is 5.26 Å². The van der Waals surface area contributed by atoms with Crippen LogP contribution in [0.15, 0.2) is 29.1 Å². The maximum Gasteiger partial charge on any atom is 0.368 e. The lowest BCUT2D eigenvalue weighted by molar-refractivity contribution is 0.584. The number of nitrogens with zero attached hydrogens (tertiary/aromatic N) is 5. The molecule has 0 aliphatic rings. The van der Waals surface area contributed by atoms with Gasteiger partial charge < -0.3 is 0 Å². The first kappa shape index (κ1) is 11.4. The van der Waals surface area contributed by atoms with Crippen LogP contribution >= 0.6 is 11.6 Å². The number of aryl methyl sites for hydroxylation is 1. The number of benzene rings is 1. The molecule has 7 heteroatoms. The molecule has 1 heterocycles. The highest BCUT2D eigenvalue weighted by atomic mass is 35.5. The van der Waals surface area contributed by atoms with Crippen molar-refractivity contribution in [2.24, 2.45) is 0 Å². The second-order valence-corrected chi connectivity index (χ2v) is 3.66.